The zero-order valence-electron chi connectivity index (χ0n) is 6.77. The highest BCUT2D eigenvalue weighted by Gasteiger charge is 1.67. The summed E-state index contributed by atoms with van der Waals surface area (Å²) in [5, 5.41) is 1.41. The third-order valence-corrected chi connectivity index (χ3v) is 1.24. The number of rotatable bonds is 0. The van der Waals surface area contributed by atoms with Crippen LogP contribution < -0.4 is 10.7 Å². The molecule has 0 unspecified atom stereocenters. The number of aromatic nitrogens is 2. The van der Waals surface area contributed by atoms with Crippen molar-refractivity contribution in [1.82, 2.24) is 9.97 Å². The SMILES string of the molecule is C=c1ccccc(=C)nccn1. The van der Waals surface area contributed by atoms with E-state index in [1.54, 1.807) is 12.4 Å². The van der Waals surface area contributed by atoms with E-state index in [2.05, 4.69) is 23.1 Å². The molecule has 0 N–H and O–H groups in total. The Kier molecular flexibility index (Phi) is 2.96. The summed E-state index contributed by atoms with van der Waals surface area (Å²) in [5.74, 6) is 0. The first-order valence-electron chi connectivity index (χ1n) is 3.58. The van der Waals surface area contributed by atoms with Gasteiger partial charge in [0.05, 0.1) is 10.7 Å². The van der Waals surface area contributed by atoms with E-state index in [1.165, 1.54) is 0 Å². The fourth-order valence-corrected chi connectivity index (χ4v) is 0.677. The van der Waals surface area contributed by atoms with Crippen LogP contribution in [-0.4, -0.2) is 9.97 Å². The molecule has 2 heteroatoms. The zero-order valence-corrected chi connectivity index (χ0v) is 6.77. The highest BCUT2D eigenvalue weighted by Crippen LogP contribution is 1.65. The summed E-state index contributed by atoms with van der Waals surface area (Å²) in [5.41, 5.74) is 0. The molecule has 0 aliphatic heterocycles. The first-order valence-corrected chi connectivity index (χ1v) is 3.58. The molecule has 0 aromatic carbocycles. The van der Waals surface area contributed by atoms with Crippen LogP contribution in [0.3, 0.4) is 0 Å². The lowest BCUT2D eigenvalue weighted by Crippen LogP contribution is -2.00. The highest BCUT2D eigenvalue weighted by atomic mass is 14.7. The third-order valence-electron chi connectivity index (χ3n) is 1.24. The Labute approximate surface area is 71.3 Å². The van der Waals surface area contributed by atoms with Crippen molar-refractivity contribution in [3.8, 4) is 0 Å². The Morgan fingerprint density at radius 3 is 1.67 bits per heavy atom. The van der Waals surface area contributed by atoms with Crippen LogP contribution in [0.2, 0.25) is 0 Å². The van der Waals surface area contributed by atoms with Crippen molar-refractivity contribution in [3.05, 3.63) is 47.4 Å². The van der Waals surface area contributed by atoms with Crippen LogP contribution in [0.15, 0.2) is 36.7 Å². The predicted octanol–water partition coefficient (Wildman–Crippen LogP) is 0.422. The Bertz CT molecular complexity index is 324. The molecular weight excluding hydrogens is 148 g/mol. The summed E-state index contributed by atoms with van der Waals surface area (Å²) in [6.45, 7) is 7.41. The van der Waals surface area contributed by atoms with E-state index in [1.807, 2.05) is 24.3 Å². The molecular formula is C10H10N2. The summed E-state index contributed by atoms with van der Waals surface area (Å²) < 4.78 is 0. The van der Waals surface area contributed by atoms with Gasteiger partial charge in [0.2, 0.25) is 0 Å². The van der Waals surface area contributed by atoms with Crippen LogP contribution in [0.4, 0.5) is 0 Å². The van der Waals surface area contributed by atoms with Crippen molar-refractivity contribution in [2.24, 2.45) is 0 Å². The van der Waals surface area contributed by atoms with Crippen LogP contribution in [0, 0.1) is 0 Å². The third kappa shape index (κ3) is 2.92. The Balaban J connectivity index is 3.37. The van der Waals surface area contributed by atoms with E-state index in [4.69, 9.17) is 0 Å². The molecule has 0 aliphatic rings. The van der Waals surface area contributed by atoms with Crippen LogP contribution in [-0.2, 0) is 0 Å². The van der Waals surface area contributed by atoms with E-state index in [9.17, 15) is 0 Å². The molecule has 0 atom stereocenters. The second-order valence-corrected chi connectivity index (χ2v) is 2.26. The number of hydrogen-bond acceptors (Lipinski definition) is 2. The zero-order chi connectivity index (χ0) is 8.81. The average molecular weight is 158 g/mol. The standard InChI is InChI=1S/C10H10N2/c1-9-5-3-4-6-10(2)12-8-7-11-9/h3-8H,1-2H2. The summed E-state index contributed by atoms with van der Waals surface area (Å²) >= 11 is 0. The lowest BCUT2D eigenvalue weighted by atomic mass is 10.4. The van der Waals surface area contributed by atoms with E-state index in [0.29, 0.717) is 10.7 Å². The molecule has 1 rings (SSSR count). The predicted molar refractivity (Wildman–Crippen MR) is 50.0 cm³/mol. The maximum Gasteiger partial charge on any atom is 0.0558 e. The minimum absolute atomic E-state index is 0.707. The lowest BCUT2D eigenvalue weighted by molar-refractivity contribution is 1.21. The lowest BCUT2D eigenvalue weighted by Gasteiger charge is -1.75. The molecule has 1 heterocycles. The number of hydrogen-bond donors (Lipinski definition) is 0. The molecule has 0 radical (unpaired) electrons. The Morgan fingerprint density at radius 1 is 0.833 bits per heavy atom. The molecule has 12 heavy (non-hydrogen) atoms. The Morgan fingerprint density at radius 2 is 1.25 bits per heavy atom. The van der Waals surface area contributed by atoms with Gasteiger partial charge >= 0.3 is 0 Å². The molecule has 1 aromatic heterocycles. The second-order valence-electron chi connectivity index (χ2n) is 2.26. The van der Waals surface area contributed by atoms with Gasteiger partial charge in [0.15, 0.2) is 0 Å². The van der Waals surface area contributed by atoms with Crippen molar-refractivity contribution >= 4 is 13.2 Å². The van der Waals surface area contributed by atoms with Crippen LogP contribution in [0.25, 0.3) is 13.2 Å². The van der Waals surface area contributed by atoms with E-state index in [-0.39, 0.29) is 0 Å². The van der Waals surface area contributed by atoms with Gasteiger partial charge < -0.3 is 0 Å². The van der Waals surface area contributed by atoms with E-state index in [0.717, 1.165) is 0 Å². The van der Waals surface area contributed by atoms with Crippen molar-refractivity contribution < 1.29 is 0 Å². The van der Waals surface area contributed by atoms with Crippen LogP contribution >= 0.6 is 0 Å². The summed E-state index contributed by atoms with van der Waals surface area (Å²) in [4.78, 5) is 7.98. The quantitative estimate of drug-likeness (QED) is 0.547. The van der Waals surface area contributed by atoms with Crippen molar-refractivity contribution in [2.75, 3.05) is 0 Å². The first-order chi connectivity index (χ1) is 5.79. The smallest absolute Gasteiger partial charge is 0.0558 e. The molecule has 2 nitrogen and oxygen atoms in total. The van der Waals surface area contributed by atoms with Gasteiger partial charge in [-0.25, -0.2) is 0 Å². The van der Waals surface area contributed by atoms with Crippen LogP contribution in [0.1, 0.15) is 0 Å². The first kappa shape index (κ1) is 8.40. The van der Waals surface area contributed by atoms with Gasteiger partial charge in [0.25, 0.3) is 0 Å². The summed E-state index contributed by atoms with van der Waals surface area (Å²) in [7, 11) is 0. The molecule has 0 aliphatic carbocycles. The van der Waals surface area contributed by atoms with Gasteiger partial charge in [-0.2, -0.15) is 0 Å². The van der Waals surface area contributed by atoms with Gasteiger partial charge in [-0.1, -0.05) is 25.3 Å². The van der Waals surface area contributed by atoms with Crippen molar-refractivity contribution in [1.29, 1.82) is 0 Å². The number of nitrogens with zero attached hydrogens (tertiary/aromatic N) is 2. The minimum Gasteiger partial charge on any atom is -0.256 e. The molecule has 0 saturated carbocycles. The minimum atomic E-state index is 0.707. The fourth-order valence-electron chi connectivity index (χ4n) is 0.677. The van der Waals surface area contributed by atoms with Gasteiger partial charge in [-0.05, 0) is 12.1 Å². The molecule has 1 aromatic rings. The van der Waals surface area contributed by atoms with E-state index >= 15 is 0 Å². The van der Waals surface area contributed by atoms with Gasteiger partial charge in [-0.15, -0.1) is 0 Å². The van der Waals surface area contributed by atoms with Crippen LogP contribution in [0.5, 0.6) is 0 Å². The largest absolute Gasteiger partial charge is 0.256 e. The maximum atomic E-state index is 3.99. The topological polar surface area (TPSA) is 25.8 Å². The molecule has 0 spiro atoms. The van der Waals surface area contributed by atoms with Gasteiger partial charge in [0, 0.05) is 12.4 Å². The molecule has 0 fully saturated rings. The van der Waals surface area contributed by atoms with Crippen molar-refractivity contribution in [2.45, 2.75) is 0 Å². The maximum absolute atomic E-state index is 3.99. The molecule has 0 saturated heterocycles. The van der Waals surface area contributed by atoms with Crippen molar-refractivity contribution in [3.63, 3.8) is 0 Å². The average Bonchev–Trinajstić information content (AvgIpc) is 2.06. The molecule has 0 bridgehead atoms. The van der Waals surface area contributed by atoms with Gasteiger partial charge in [0.1, 0.15) is 0 Å². The normalized spacial score (nSPS) is 8.67. The highest BCUT2D eigenvalue weighted by molar-refractivity contribution is 5.00. The molecule has 0 amide bonds. The summed E-state index contributed by atoms with van der Waals surface area (Å²) in [6, 6.07) is 7.34. The molecule has 60 valence electrons. The monoisotopic (exact) mass is 158 g/mol. The van der Waals surface area contributed by atoms with E-state index < -0.39 is 0 Å². The Hall–Kier alpha value is -1.70. The second kappa shape index (κ2) is 4.23. The summed E-state index contributed by atoms with van der Waals surface area (Å²) in [6.07, 6.45) is 3.19. The fraction of sp³-hybridized carbons (Fsp3) is 0. The van der Waals surface area contributed by atoms with Gasteiger partial charge in [-0.3, -0.25) is 9.97 Å².